The van der Waals surface area contributed by atoms with E-state index >= 15 is 0 Å². The molecule has 0 aliphatic carbocycles. The third kappa shape index (κ3) is 2.32. The average molecular weight is 221 g/mol. The molecule has 88 valence electrons. The van der Waals surface area contributed by atoms with Crippen LogP contribution in [0.15, 0.2) is 12.4 Å². The lowest BCUT2D eigenvalue weighted by molar-refractivity contribution is 0.101. The molecule has 0 bridgehead atoms. The van der Waals surface area contributed by atoms with Gasteiger partial charge in [0.05, 0.1) is 17.8 Å². The Bertz CT molecular complexity index is 372. The predicted molar refractivity (Wildman–Crippen MR) is 62.6 cm³/mol. The molecule has 16 heavy (non-hydrogen) atoms. The predicted octanol–water partition coefficient (Wildman–Crippen LogP) is 1.74. The molecule has 4 nitrogen and oxygen atoms in total. The van der Waals surface area contributed by atoms with Crippen LogP contribution in [-0.4, -0.2) is 40.1 Å². The molecule has 1 fully saturated rings. The Kier molecular flexibility index (Phi) is 3.39. The first-order valence-corrected chi connectivity index (χ1v) is 5.98. The summed E-state index contributed by atoms with van der Waals surface area (Å²) in [6.07, 6.45) is 5.93. The molecule has 1 aromatic heterocycles. The van der Waals surface area contributed by atoms with Crippen molar-refractivity contribution in [1.29, 1.82) is 0 Å². The molecule has 2 rings (SSSR count). The number of ketones is 1. The lowest BCUT2D eigenvalue weighted by Crippen LogP contribution is -2.36. The van der Waals surface area contributed by atoms with Crippen LogP contribution in [0.5, 0.6) is 0 Å². The molecule has 1 saturated heterocycles. The topological polar surface area (TPSA) is 38.1 Å². The van der Waals surface area contributed by atoms with Crippen LogP contribution in [0, 0.1) is 0 Å². The van der Waals surface area contributed by atoms with Crippen molar-refractivity contribution in [1.82, 2.24) is 14.7 Å². The maximum absolute atomic E-state index is 11.2. The second kappa shape index (κ2) is 4.78. The van der Waals surface area contributed by atoms with Crippen molar-refractivity contribution in [3.05, 3.63) is 18.0 Å². The maximum Gasteiger partial charge on any atom is 0.162 e. The third-order valence-corrected chi connectivity index (χ3v) is 3.31. The number of piperidine rings is 1. The number of likely N-dealkylation sites (N-methyl/N-ethyl adjacent to an activating group) is 1. The van der Waals surface area contributed by atoms with Gasteiger partial charge in [0.1, 0.15) is 0 Å². The highest BCUT2D eigenvalue weighted by atomic mass is 16.1. The van der Waals surface area contributed by atoms with E-state index in [-0.39, 0.29) is 5.78 Å². The minimum Gasteiger partial charge on any atom is -0.301 e. The van der Waals surface area contributed by atoms with E-state index in [2.05, 4.69) is 16.9 Å². The molecule has 0 N–H and O–H groups in total. The summed E-state index contributed by atoms with van der Waals surface area (Å²) in [5.41, 5.74) is 0.716. The van der Waals surface area contributed by atoms with Crippen LogP contribution in [0.2, 0.25) is 0 Å². The lowest BCUT2D eigenvalue weighted by atomic mass is 10.1. The van der Waals surface area contributed by atoms with E-state index in [0.29, 0.717) is 11.6 Å². The second-order valence-electron chi connectivity index (χ2n) is 4.45. The molecule has 0 aromatic carbocycles. The normalized spacial score (nSPS) is 22.2. The Morgan fingerprint density at radius 1 is 1.62 bits per heavy atom. The summed E-state index contributed by atoms with van der Waals surface area (Å²) in [6.45, 7) is 7.10. The van der Waals surface area contributed by atoms with Crippen molar-refractivity contribution in [3.8, 4) is 0 Å². The molecule has 1 atom stereocenters. The molecule has 1 aromatic rings. The number of likely N-dealkylation sites (tertiary alicyclic amines) is 1. The van der Waals surface area contributed by atoms with Gasteiger partial charge in [-0.3, -0.25) is 9.48 Å². The molecule has 1 aliphatic rings. The number of carbonyl (C=O) groups excluding carboxylic acids is 1. The summed E-state index contributed by atoms with van der Waals surface area (Å²) in [5.74, 6) is 0.0920. The van der Waals surface area contributed by atoms with E-state index in [1.54, 1.807) is 13.1 Å². The Hall–Kier alpha value is -1.16. The highest BCUT2D eigenvalue weighted by Gasteiger charge is 2.21. The van der Waals surface area contributed by atoms with Gasteiger partial charge in [-0.25, -0.2) is 0 Å². The van der Waals surface area contributed by atoms with Crippen LogP contribution >= 0.6 is 0 Å². The first-order chi connectivity index (χ1) is 7.70. The van der Waals surface area contributed by atoms with Gasteiger partial charge in [0.25, 0.3) is 0 Å². The van der Waals surface area contributed by atoms with Gasteiger partial charge in [-0.1, -0.05) is 6.92 Å². The highest BCUT2D eigenvalue weighted by Crippen LogP contribution is 2.20. The van der Waals surface area contributed by atoms with Crippen LogP contribution in [0.1, 0.15) is 43.1 Å². The van der Waals surface area contributed by atoms with Crippen LogP contribution in [0.4, 0.5) is 0 Å². The van der Waals surface area contributed by atoms with Gasteiger partial charge in [-0.2, -0.15) is 5.10 Å². The van der Waals surface area contributed by atoms with Gasteiger partial charge < -0.3 is 4.90 Å². The Labute approximate surface area is 96.2 Å². The standard InChI is InChI=1S/C12H19N3O/c1-3-14-6-4-5-12(9-14)15-8-11(7-13-15)10(2)16/h7-8,12H,3-6,9H2,1-2H3. The van der Waals surface area contributed by atoms with E-state index in [0.717, 1.165) is 19.5 Å². The monoisotopic (exact) mass is 221 g/mol. The van der Waals surface area contributed by atoms with Gasteiger partial charge >= 0.3 is 0 Å². The third-order valence-electron chi connectivity index (χ3n) is 3.31. The number of nitrogens with zero attached hydrogens (tertiary/aromatic N) is 3. The van der Waals surface area contributed by atoms with Crippen molar-refractivity contribution >= 4 is 5.78 Å². The van der Waals surface area contributed by atoms with Crippen molar-refractivity contribution < 1.29 is 4.79 Å². The minimum absolute atomic E-state index is 0.0920. The highest BCUT2D eigenvalue weighted by molar-refractivity contribution is 5.93. The fourth-order valence-electron chi connectivity index (χ4n) is 2.25. The summed E-state index contributed by atoms with van der Waals surface area (Å²) >= 11 is 0. The van der Waals surface area contributed by atoms with E-state index in [9.17, 15) is 4.79 Å². The largest absolute Gasteiger partial charge is 0.301 e. The van der Waals surface area contributed by atoms with E-state index in [1.165, 1.54) is 13.0 Å². The summed E-state index contributed by atoms with van der Waals surface area (Å²) < 4.78 is 1.96. The molecule has 0 spiro atoms. The lowest BCUT2D eigenvalue weighted by Gasteiger charge is -2.31. The van der Waals surface area contributed by atoms with Gasteiger partial charge in [-0.15, -0.1) is 0 Å². The van der Waals surface area contributed by atoms with Crippen molar-refractivity contribution in [2.75, 3.05) is 19.6 Å². The van der Waals surface area contributed by atoms with Crippen molar-refractivity contribution in [2.24, 2.45) is 0 Å². The number of carbonyl (C=O) groups is 1. The zero-order chi connectivity index (χ0) is 11.5. The molecule has 0 amide bonds. The van der Waals surface area contributed by atoms with Gasteiger partial charge in [0.2, 0.25) is 0 Å². The van der Waals surface area contributed by atoms with E-state index < -0.39 is 0 Å². The zero-order valence-electron chi connectivity index (χ0n) is 10.0. The molecule has 4 heteroatoms. The number of hydrogen-bond donors (Lipinski definition) is 0. The fourth-order valence-corrected chi connectivity index (χ4v) is 2.25. The van der Waals surface area contributed by atoms with E-state index in [4.69, 9.17) is 0 Å². The van der Waals surface area contributed by atoms with E-state index in [1.807, 2.05) is 10.9 Å². The van der Waals surface area contributed by atoms with Crippen LogP contribution in [0.25, 0.3) is 0 Å². The van der Waals surface area contributed by atoms with Gasteiger partial charge in [0, 0.05) is 12.7 Å². The summed E-state index contributed by atoms with van der Waals surface area (Å²) in [6, 6.07) is 0.432. The molecular formula is C12H19N3O. The number of Topliss-reactive ketones (excluding diaryl/α,β-unsaturated/α-hetero) is 1. The quantitative estimate of drug-likeness (QED) is 0.730. The van der Waals surface area contributed by atoms with Crippen LogP contribution < -0.4 is 0 Å². The average Bonchev–Trinajstić information content (AvgIpc) is 2.78. The fraction of sp³-hybridized carbons (Fsp3) is 0.667. The molecular weight excluding hydrogens is 202 g/mol. The number of hydrogen-bond acceptors (Lipinski definition) is 3. The van der Waals surface area contributed by atoms with Crippen LogP contribution in [-0.2, 0) is 0 Å². The molecule has 1 aliphatic heterocycles. The summed E-state index contributed by atoms with van der Waals surface area (Å²) in [7, 11) is 0. The maximum atomic E-state index is 11.2. The Balaban J connectivity index is 2.08. The number of aromatic nitrogens is 2. The van der Waals surface area contributed by atoms with Gasteiger partial charge in [0.15, 0.2) is 5.78 Å². The minimum atomic E-state index is 0.0920. The Morgan fingerprint density at radius 2 is 2.44 bits per heavy atom. The van der Waals surface area contributed by atoms with Crippen molar-refractivity contribution in [2.45, 2.75) is 32.7 Å². The smallest absolute Gasteiger partial charge is 0.162 e. The second-order valence-corrected chi connectivity index (χ2v) is 4.45. The molecule has 2 heterocycles. The van der Waals surface area contributed by atoms with Crippen molar-refractivity contribution in [3.63, 3.8) is 0 Å². The zero-order valence-corrected chi connectivity index (χ0v) is 10.0. The summed E-state index contributed by atoms with van der Waals surface area (Å²) in [4.78, 5) is 13.6. The first-order valence-electron chi connectivity index (χ1n) is 5.98. The summed E-state index contributed by atoms with van der Waals surface area (Å²) in [5, 5.41) is 4.30. The molecule has 0 radical (unpaired) electrons. The van der Waals surface area contributed by atoms with Crippen LogP contribution in [0.3, 0.4) is 0 Å². The molecule has 1 unspecified atom stereocenters. The first kappa shape index (κ1) is 11.3. The number of rotatable bonds is 3. The molecule has 0 saturated carbocycles. The van der Waals surface area contributed by atoms with Gasteiger partial charge in [-0.05, 0) is 32.9 Å². The Morgan fingerprint density at radius 3 is 3.06 bits per heavy atom. The SMILES string of the molecule is CCN1CCCC(n2cc(C(C)=O)cn2)C1.